The van der Waals surface area contributed by atoms with E-state index in [9.17, 15) is 22.8 Å². The number of anilines is 2. The topological polar surface area (TPSA) is 79.1 Å². The summed E-state index contributed by atoms with van der Waals surface area (Å²) in [4.78, 5) is 28.7. The highest BCUT2D eigenvalue weighted by Crippen LogP contribution is 2.32. The lowest BCUT2D eigenvalue weighted by Gasteiger charge is -2.36. The average molecular weight is 402 g/mol. The summed E-state index contributed by atoms with van der Waals surface area (Å²) in [6.45, 7) is 4.20. The first-order valence-corrected chi connectivity index (χ1v) is 8.83. The summed E-state index contributed by atoms with van der Waals surface area (Å²) in [6, 6.07) is 3.45. The lowest BCUT2D eigenvalue weighted by molar-refractivity contribution is -0.171. The van der Waals surface area contributed by atoms with Crippen molar-refractivity contribution in [2.75, 3.05) is 56.7 Å². The van der Waals surface area contributed by atoms with Crippen molar-refractivity contribution in [3.8, 4) is 0 Å². The van der Waals surface area contributed by atoms with Crippen molar-refractivity contribution >= 4 is 23.2 Å². The first-order chi connectivity index (χ1) is 13.1. The largest absolute Gasteiger partial charge is 0.471 e. The molecule has 0 aliphatic carbocycles. The molecule has 2 N–H and O–H groups in total. The number of halogens is 3. The summed E-state index contributed by atoms with van der Waals surface area (Å²) in [5.74, 6) is -2.99. The minimum absolute atomic E-state index is 0.140. The molecule has 1 aliphatic heterocycles. The van der Waals surface area contributed by atoms with Crippen LogP contribution in [-0.4, -0.2) is 75.9 Å². The predicted octanol–water partition coefficient (Wildman–Crippen LogP) is 1.47. The normalized spacial score (nSPS) is 16.7. The van der Waals surface area contributed by atoms with E-state index in [1.807, 2.05) is 11.9 Å². The van der Waals surface area contributed by atoms with Gasteiger partial charge in [-0.3, -0.25) is 14.5 Å². The van der Waals surface area contributed by atoms with Crippen LogP contribution < -0.4 is 15.5 Å². The number of methoxy groups -OCH3 is 1. The van der Waals surface area contributed by atoms with Gasteiger partial charge in [0.15, 0.2) is 0 Å². The standard InChI is InChI=1S/C18H25F3N4O3/c1-12(11-28-3)25(17(27)18(19,20)21)15-10-13(4-5-14(15)16(22)26)24-8-6-23(2)7-9-24/h4-5,10,12H,6-9,11H2,1-3H3,(H2,22,26)/t12-/m0/s1. The summed E-state index contributed by atoms with van der Waals surface area (Å²) in [5.41, 5.74) is 5.67. The van der Waals surface area contributed by atoms with E-state index in [-0.39, 0.29) is 17.9 Å². The molecule has 2 amide bonds. The first-order valence-electron chi connectivity index (χ1n) is 8.83. The predicted molar refractivity (Wildman–Crippen MR) is 99.5 cm³/mol. The fourth-order valence-corrected chi connectivity index (χ4v) is 3.19. The van der Waals surface area contributed by atoms with Crippen LogP contribution in [0.4, 0.5) is 24.5 Å². The van der Waals surface area contributed by atoms with Crippen molar-refractivity contribution in [1.82, 2.24) is 4.90 Å². The van der Waals surface area contributed by atoms with Crippen LogP contribution >= 0.6 is 0 Å². The quantitative estimate of drug-likeness (QED) is 0.780. The van der Waals surface area contributed by atoms with Crippen LogP contribution in [0.2, 0.25) is 0 Å². The average Bonchev–Trinajstić information content (AvgIpc) is 2.61. The number of hydrogen-bond acceptors (Lipinski definition) is 5. The number of ether oxygens (including phenoxy) is 1. The Hall–Kier alpha value is -2.33. The Kier molecular flexibility index (Phi) is 6.89. The molecule has 1 fully saturated rings. The number of alkyl halides is 3. The number of amides is 2. The van der Waals surface area contributed by atoms with Crippen LogP contribution in [0.5, 0.6) is 0 Å². The minimum Gasteiger partial charge on any atom is -0.383 e. The second-order valence-electron chi connectivity index (χ2n) is 6.83. The SMILES string of the molecule is COC[C@H](C)N(C(=O)C(F)(F)F)c1cc(N2CCN(C)CC2)ccc1C(N)=O. The number of likely N-dealkylation sites (N-methyl/N-ethyl adjacent to an activating group) is 1. The Balaban J connectivity index is 2.53. The third-order valence-electron chi connectivity index (χ3n) is 4.68. The second kappa shape index (κ2) is 8.78. The zero-order valence-electron chi connectivity index (χ0n) is 16.1. The van der Waals surface area contributed by atoms with Gasteiger partial charge in [0.25, 0.3) is 5.91 Å². The number of nitrogens with zero attached hydrogens (tertiary/aromatic N) is 3. The molecule has 1 aliphatic rings. The molecule has 7 nitrogen and oxygen atoms in total. The summed E-state index contributed by atoms with van der Waals surface area (Å²) < 4.78 is 44.7. The monoisotopic (exact) mass is 402 g/mol. The molecule has 0 radical (unpaired) electrons. The van der Waals surface area contributed by atoms with Gasteiger partial charge < -0.3 is 20.3 Å². The third-order valence-corrected chi connectivity index (χ3v) is 4.68. The Morgan fingerprint density at radius 3 is 2.36 bits per heavy atom. The second-order valence-corrected chi connectivity index (χ2v) is 6.83. The lowest BCUT2D eigenvalue weighted by atomic mass is 10.1. The van der Waals surface area contributed by atoms with E-state index in [0.717, 1.165) is 13.1 Å². The van der Waals surface area contributed by atoms with Crippen molar-refractivity contribution in [3.63, 3.8) is 0 Å². The Morgan fingerprint density at radius 2 is 1.86 bits per heavy atom. The van der Waals surface area contributed by atoms with Gasteiger partial charge in [0.05, 0.1) is 23.9 Å². The van der Waals surface area contributed by atoms with Gasteiger partial charge in [-0.25, -0.2) is 0 Å². The maximum absolute atomic E-state index is 13.3. The molecule has 1 saturated heterocycles. The molecular weight excluding hydrogens is 377 g/mol. The summed E-state index contributed by atoms with van der Waals surface area (Å²) in [6.07, 6.45) is -5.11. The van der Waals surface area contributed by atoms with Gasteiger partial charge in [-0.05, 0) is 32.2 Å². The molecule has 10 heteroatoms. The number of carbonyl (C=O) groups is 2. The maximum Gasteiger partial charge on any atom is 0.471 e. The molecule has 1 heterocycles. The van der Waals surface area contributed by atoms with Gasteiger partial charge in [-0.2, -0.15) is 13.2 Å². The third kappa shape index (κ3) is 4.93. The Bertz CT molecular complexity index is 719. The number of rotatable bonds is 6. The molecule has 0 aromatic heterocycles. The highest BCUT2D eigenvalue weighted by molar-refractivity contribution is 6.06. The number of benzene rings is 1. The molecule has 2 rings (SSSR count). The van der Waals surface area contributed by atoms with Crippen LogP contribution in [-0.2, 0) is 9.53 Å². The van der Waals surface area contributed by atoms with E-state index < -0.39 is 24.0 Å². The molecule has 1 aromatic carbocycles. The molecule has 0 saturated carbocycles. The maximum atomic E-state index is 13.3. The highest BCUT2D eigenvalue weighted by Gasteiger charge is 2.45. The van der Waals surface area contributed by atoms with Crippen LogP contribution in [0, 0.1) is 0 Å². The number of carbonyl (C=O) groups excluding carboxylic acids is 2. The van der Waals surface area contributed by atoms with Crippen molar-refractivity contribution in [1.29, 1.82) is 0 Å². The van der Waals surface area contributed by atoms with Gasteiger partial charge in [-0.15, -0.1) is 0 Å². The molecule has 156 valence electrons. The molecule has 1 atom stereocenters. The molecule has 1 aromatic rings. The molecule has 0 bridgehead atoms. The van der Waals surface area contributed by atoms with Gasteiger partial charge >= 0.3 is 12.1 Å². The zero-order chi connectivity index (χ0) is 21.1. The van der Waals surface area contributed by atoms with E-state index in [0.29, 0.717) is 23.7 Å². The molecule has 28 heavy (non-hydrogen) atoms. The Labute approximate surface area is 161 Å². The van der Waals surface area contributed by atoms with Crippen molar-refractivity contribution in [3.05, 3.63) is 23.8 Å². The van der Waals surface area contributed by atoms with Crippen molar-refractivity contribution < 1.29 is 27.5 Å². The number of nitrogens with two attached hydrogens (primary N) is 1. The fraction of sp³-hybridized carbons (Fsp3) is 0.556. The number of primary amides is 1. The summed E-state index contributed by atoms with van der Waals surface area (Å²) in [7, 11) is 3.30. The van der Waals surface area contributed by atoms with Gasteiger partial charge in [0.1, 0.15) is 0 Å². The highest BCUT2D eigenvalue weighted by atomic mass is 19.4. The summed E-state index contributed by atoms with van der Waals surface area (Å²) in [5, 5.41) is 0. The minimum atomic E-state index is -5.11. The zero-order valence-corrected chi connectivity index (χ0v) is 16.1. The Morgan fingerprint density at radius 1 is 1.25 bits per heavy atom. The smallest absolute Gasteiger partial charge is 0.383 e. The number of piperazine rings is 1. The first kappa shape index (κ1) is 22.0. The molecular formula is C18H25F3N4O3. The van der Waals surface area contributed by atoms with Crippen LogP contribution in [0.1, 0.15) is 17.3 Å². The summed E-state index contributed by atoms with van der Waals surface area (Å²) >= 11 is 0. The molecule has 0 unspecified atom stereocenters. The van der Waals surface area contributed by atoms with Crippen molar-refractivity contribution in [2.24, 2.45) is 5.73 Å². The van der Waals surface area contributed by atoms with Crippen LogP contribution in [0.15, 0.2) is 18.2 Å². The molecule has 0 spiro atoms. The number of hydrogen-bond donors (Lipinski definition) is 1. The van der Waals surface area contributed by atoms with Crippen molar-refractivity contribution in [2.45, 2.75) is 19.1 Å². The van der Waals surface area contributed by atoms with Gasteiger partial charge in [-0.1, -0.05) is 0 Å². The van der Waals surface area contributed by atoms with E-state index >= 15 is 0 Å². The van der Waals surface area contributed by atoms with E-state index in [1.165, 1.54) is 26.2 Å². The van der Waals surface area contributed by atoms with Crippen LogP contribution in [0.25, 0.3) is 0 Å². The van der Waals surface area contributed by atoms with Gasteiger partial charge in [0.2, 0.25) is 0 Å². The van der Waals surface area contributed by atoms with Gasteiger partial charge in [0, 0.05) is 39.0 Å². The van der Waals surface area contributed by atoms with E-state index in [4.69, 9.17) is 10.5 Å². The lowest BCUT2D eigenvalue weighted by Crippen LogP contribution is -2.49. The fourth-order valence-electron chi connectivity index (χ4n) is 3.19. The van der Waals surface area contributed by atoms with E-state index in [1.54, 1.807) is 6.07 Å². The van der Waals surface area contributed by atoms with E-state index in [2.05, 4.69) is 4.90 Å². The van der Waals surface area contributed by atoms with Crippen LogP contribution in [0.3, 0.4) is 0 Å².